The second-order valence-electron chi connectivity index (χ2n) is 6.20. The Balaban J connectivity index is 1.55. The fraction of sp³-hybridized carbons (Fsp3) is 0.421. The Hall–Kier alpha value is -2.03. The van der Waals surface area contributed by atoms with Crippen molar-refractivity contribution in [2.45, 2.75) is 25.7 Å². The molecule has 0 radical (unpaired) electrons. The summed E-state index contributed by atoms with van der Waals surface area (Å²) in [6, 6.07) is 8.63. The lowest BCUT2D eigenvalue weighted by Gasteiger charge is -2.17. The molecule has 2 heterocycles. The summed E-state index contributed by atoms with van der Waals surface area (Å²) in [5.74, 6) is 0.308. The van der Waals surface area contributed by atoms with Gasteiger partial charge in [0, 0.05) is 33.1 Å². The highest BCUT2D eigenvalue weighted by molar-refractivity contribution is 5.77. The molecular formula is C19H24N2O. The molecule has 1 aromatic rings. The van der Waals surface area contributed by atoms with E-state index in [1.165, 1.54) is 16.7 Å². The van der Waals surface area contributed by atoms with Crippen molar-refractivity contribution in [2.24, 2.45) is 0 Å². The van der Waals surface area contributed by atoms with Gasteiger partial charge in [-0.3, -0.25) is 4.79 Å². The highest BCUT2D eigenvalue weighted by atomic mass is 16.2. The number of allylic oxidation sites excluding steroid dienone is 2. The number of hydrogen-bond donors (Lipinski definition) is 0. The summed E-state index contributed by atoms with van der Waals surface area (Å²) in [6.45, 7) is 2.86. The molecule has 0 spiro atoms. The number of rotatable bonds is 4. The third kappa shape index (κ3) is 3.59. The molecule has 1 aromatic carbocycles. The molecule has 1 amide bonds. The molecule has 0 bridgehead atoms. The Labute approximate surface area is 132 Å². The normalized spacial score (nSPS) is 17.8. The van der Waals surface area contributed by atoms with Crippen LogP contribution in [0, 0.1) is 0 Å². The third-order valence-electron chi connectivity index (χ3n) is 4.48. The van der Waals surface area contributed by atoms with Crippen LogP contribution in [0.2, 0.25) is 0 Å². The average Bonchev–Trinajstić information content (AvgIpc) is 3.08. The van der Waals surface area contributed by atoms with Gasteiger partial charge in [-0.05, 0) is 48.2 Å². The second-order valence-corrected chi connectivity index (χ2v) is 6.20. The molecule has 0 atom stereocenters. The maximum absolute atomic E-state index is 12.1. The van der Waals surface area contributed by atoms with E-state index in [0.717, 1.165) is 38.9 Å². The molecule has 0 aliphatic carbocycles. The van der Waals surface area contributed by atoms with Crippen LogP contribution in [0.15, 0.2) is 42.6 Å². The Morgan fingerprint density at radius 2 is 1.86 bits per heavy atom. The molecular weight excluding hydrogens is 272 g/mol. The first-order chi connectivity index (χ1) is 10.7. The van der Waals surface area contributed by atoms with Crippen molar-refractivity contribution in [1.29, 1.82) is 0 Å². The Morgan fingerprint density at radius 3 is 2.50 bits per heavy atom. The van der Waals surface area contributed by atoms with Crippen molar-refractivity contribution < 1.29 is 4.79 Å². The van der Waals surface area contributed by atoms with E-state index >= 15 is 0 Å². The number of hydrogen-bond acceptors (Lipinski definition) is 2. The third-order valence-corrected chi connectivity index (χ3v) is 4.48. The van der Waals surface area contributed by atoms with E-state index in [4.69, 9.17) is 0 Å². The number of likely N-dealkylation sites (tertiary alicyclic amines) is 1. The molecule has 3 heteroatoms. The standard InChI is InChI=1S/C19H24N2O/c1-20-14-10-18(11-15-20)17-7-4-16(5-8-17)6-9-19(22)21-12-2-3-13-21/h4-5,7-8,10-11,14H,2-3,6,9,12-13,15H2,1H3. The fourth-order valence-electron chi connectivity index (χ4n) is 3.03. The molecule has 0 saturated carbocycles. The quantitative estimate of drug-likeness (QED) is 0.852. The lowest BCUT2D eigenvalue weighted by molar-refractivity contribution is -0.130. The van der Waals surface area contributed by atoms with Crippen LogP contribution in [0.1, 0.15) is 30.4 Å². The summed E-state index contributed by atoms with van der Waals surface area (Å²) in [7, 11) is 2.07. The Morgan fingerprint density at radius 1 is 1.14 bits per heavy atom. The zero-order chi connectivity index (χ0) is 15.4. The lowest BCUT2D eigenvalue weighted by atomic mass is 10.0. The van der Waals surface area contributed by atoms with Gasteiger partial charge >= 0.3 is 0 Å². The number of aryl methyl sites for hydroxylation is 1. The van der Waals surface area contributed by atoms with Gasteiger partial charge < -0.3 is 9.80 Å². The first-order valence-corrected chi connectivity index (χ1v) is 8.18. The predicted molar refractivity (Wildman–Crippen MR) is 90.3 cm³/mol. The summed E-state index contributed by atoms with van der Waals surface area (Å²) >= 11 is 0. The van der Waals surface area contributed by atoms with Gasteiger partial charge in [0.25, 0.3) is 0 Å². The van der Waals surface area contributed by atoms with Crippen molar-refractivity contribution in [2.75, 3.05) is 26.7 Å². The van der Waals surface area contributed by atoms with E-state index in [9.17, 15) is 4.79 Å². The largest absolute Gasteiger partial charge is 0.377 e. The first kappa shape index (κ1) is 14.9. The molecule has 116 valence electrons. The lowest BCUT2D eigenvalue weighted by Crippen LogP contribution is -2.27. The van der Waals surface area contributed by atoms with E-state index in [2.05, 4.69) is 54.6 Å². The van der Waals surface area contributed by atoms with Crippen molar-refractivity contribution >= 4 is 11.5 Å². The Kier molecular flexibility index (Phi) is 4.62. The van der Waals surface area contributed by atoms with Gasteiger partial charge in [0.15, 0.2) is 0 Å². The zero-order valence-electron chi connectivity index (χ0n) is 13.3. The predicted octanol–water partition coefficient (Wildman–Crippen LogP) is 3.08. The minimum atomic E-state index is 0.308. The number of carbonyl (C=O) groups is 1. The molecule has 1 fully saturated rings. The van der Waals surface area contributed by atoms with E-state index in [1.54, 1.807) is 0 Å². The highest BCUT2D eigenvalue weighted by Crippen LogP contribution is 2.20. The van der Waals surface area contributed by atoms with Gasteiger partial charge in [-0.1, -0.05) is 30.3 Å². The smallest absolute Gasteiger partial charge is 0.222 e. The van der Waals surface area contributed by atoms with Crippen LogP contribution in [0.5, 0.6) is 0 Å². The van der Waals surface area contributed by atoms with Crippen molar-refractivity contribution in [3.8, 4) is 0 Å². The highest BCUT2D eigenvalue weighted by Gasteiger charge is 2.17. The van der Waals surface area contributed by atoms with Gasteiger partial charge in [-0.15, -0.1) is 0 Å². The van der Waals surface area contributed by atoms with Crippen LogP contribution in [0.3, 0.4) is 0 Å². The average molecular weight is 296 g/mol. The van der Waals surface area contributed by atoms with Crippen LogP contribution in [-0.2, 0) is 11.2 Å². The zero-order valence-corrected chi connectivity index (χ0v) is 13.3. The van der Waals surface area contributed by atoms with Crippen LogP contribution in [0.4, 0.5) is 0 Å². The molecule has 3 nitrogen and oxygen atoms in total. The SMILES string of the molecule is CN1C=CC(c2ccc(CCC(=O)N3CCCC3)cc2)=CC1. The summed E-state index contributed by atoms with van der Waals surface area (Å²) < 4.78 is 0. The summed E-state index contributed by atoms with van der Waals surface area (Å²) in [5.41, 5.74) is 3.77. The number of amides is 1. The molecule has 2 aliphatic rings. The molecule has 1 saturated heterocycles. The molecule has 0 unspecified atom stereocenters. The molecule has 3 rings (SSSR count). The summed E-state index contributed by atoms with van der Waals surface area (Å²) in [6.07, 6.45) is 10.3. The van der Waals surface area contributed by atoms with Gasteiger partial charge in [0.2, 0.25) is 5.91 Å². The van der Waals surface area contributed by atoms with E-state index < -0.39 is 0 Å². The first-order valence-electron chi connectivity index (χ1n) is 8.18. The van der Waals surface area contributed by atoms with E-state index in [-0.39, 0.29) is 0 Å². The minimum absolute atomic E-state index is 0.308. The van der Waals surface area contributed by atoms with Crippen LogP contribution in [0.25, 0.3) is 5.57 Å². The molecule has 2 aliphatic heterocycles. The Bertz CT molecular complexity index is 580. The number of benzene rings is 1. The van der Waals surface area contributed by atoms with E-state index in [0.29, 0.717) is 12.3 Å². The van der Waals surface area contributed by atoms with Crippen molar-refractivity contribution in [3.05, 3.63) is 53.7 Å². The number of nitrogens with zero attached hydrogens (tertiary/aromatic N) is 2. The maximum atomic E-state index is 12.1. The monoisotopic (exact) mass is 296 g/mol. The second kappa shape index (κ2) is 6.82. The molecule has 22 heavy (non-hydrogen) atoms. The number of likely N-dealkylation sites (N-methyl/N-ethyl adjacent to an activating group) is 1. The van der Waals surface area contributed by atoms with Crippen molar-refractivity contribution in [1.82, 2.24) is 9.80 Å². The van der Waals surface area contributed by atoms with Crippen LogP contribution in [-0.4, -0.2) is 42.4 Å². The number of carbonyl (C=O) groups excluding carboxylic acids is 1. The molecule has 0 aromatic heterocycles. The van der Waals surface area contributed by atoms with Crippen LogP contribution >= 0.6 is 0 Å². The van der Waals surface area contributed by atoms with Gasteiger partial charge in [-0.2, -0.15) is 0 Å². The van der Waals surface area contributed by atoms with Crippen LogP contribution < -0.4 is 0 Å². The maximum Gasteiger partial charge on any atom is 0.222 e. The van der Waals surface area contributed by atoms with Gasteiger partial charge in [0.1, 0.15) is 0 Å². The van der Waals surface area contributed by atoms with E-state index in [1.807, 2.05) is 4.90 Å². The molecule has 0 N–H and O–H groups in total. The fourth-order valence-corrected chi connectivity index (χ4v) is 3.03. The minimum Gasteiger partial charge on any atom is -0.377 e. The summed E-state index contributed by atoms with van der Waals surface area (Å²) in [4.78, 5) is 16.2. The van der Waals surface area contributed by atoms with Gasteiger partial charge in [0.05, 0.1) is 0 Å². The topological polar surface area (TPSA) is 23.6 Å². The van der Waals surface area contributed by atoms with Crippen molar-refractivity contribution in [3.63, 3.8) is 0 Å². The van der Waals surface area contributed by atoms with Gasteiger partial charge in [-0.25, -0.2) is 0 Å². The summed E-state index contributed by atoms with van der Waals surface area (Å²) in [5, 5.41) is 0.